The fraction of sp³-hybridized carbons (Fsp3) is 0. The maximum atomic E-state index is 12.6. The number of esters is 1. The summed E-state index contributed by atoms with van der Waals surface area (Å²) in [7, 11) is -4.05. The zero-order valence-electron chi connectivity index (χ0n) is 13.9. The number of sulfonamides is 1. The Morgan fingerprint density at radius 1 is 0.778 bits per heavy atom. The van der Waals surface area contributed by atoms with Gasteiger partial charge in [-0.3, -0.25) is 0 Å². The van der Waals surface area contributed by atoms with E-state index in [2.05, 4.69) is 20.3 Å². The molecule has 0 spiro atoms. The van der Waals surface area contributed by atoms with Gasteiger partial charge in [-0.1, -0.05) is 52.3 Å². The SMILES string of the molecule is O=C(O/C(=N/S(=O)(=O)c1ccccc1)c1ccc(Br)cc1)c1ccccc1. The molecule has 3 aromatic rings. The molecule has 0 saturated carbocycles. The first kappa shape index (κ1) is 19.0. The van der Waals surface area contributed by atoms with Gasteiger partial charge in [-0.2, -0.15) is 8.42 Å². The van der Waals surface area contributed by atoms with Crippen LogP contribution in [0.3, 0.4) is 0 Å². The van der Waals surface area contributed by atoms with Gasteiger partial charge in [0.25, 0.3) is 10.0 Å². The van der Waals surface area contributed by atoms with Crippen molar-refractivity contribution in [3.8, 4) is 0 Å². The zero-order chi connectivity index (χ0) is 19.3. The molecule has 0 aliphatic rings. The molecule has 0 aromatic heterocycles. The van der Waals surface area contributed by atoms with Gasteiger partial charge in [-0.25, -0.2) is 4.79 Å². The molecule has 0 heterocycles. The molecule has 0 amide bonds. The lowest BCUT2D eigenvalue weighted by Gasteiger charge is -2.09. The third-order valence-electron chi connectivity index (χ3n) is 3.53. The molecule has 0 N–H and O–H groups in total. The van der Waals surface area contributed by atoms with Crippen LogP contribution in [0.1, 0.15) is 15.9 Å². The Hall–Kier alpha value is -2.77. The summed E-state index contributed by atoms with van der Waals surface area (Å²) in [5.41, 5.74) is 0.654. The summed E-state index contributed by atoms with van der Waals surface area (Å²) in [5, 5.41) is 0. The monoisotopic (exact) mass is 443 g/mol. The fourth-order valence-electron chi connectivity index (χ4n) is 2.20. The summed E-state index contributed by atoms with van der Waals surface area (Å²) in [6.07, 6.45) is 0. The second-order valence-electron chi connectivity index (χ2n) is 5.45. The van der Waals surface area contributed by atoms with E-state index in [0.29, 0.717) is 11.1 Å². The van der Waals surface area contributed by atoms with Crippen molar-refractivity contribution in [1.29, 1.82) is 0 Å². The first-order chi connectivity index (χ1) is 13.0. The van der Waals surface area contributed by atoms with Gasteiger partial charge >= 0.3 is 5.97 Å². The minimum absolute atomic E-state index is 0.00960. The summed E-state index contributed by atoms with van der Waals surface area (Å²) in [6.45, 7) is 0. The Bertz CT molecular complexity index is 1060. The van der Waals surface area contributed by atoms with Gasteiger partial charge in [-0.15, -0.1) is 4.40 Å². The van der Waals surface area contributed by atoms with E-state index >= 15 is 0 Å². The highest BCUT2D eigenvalue weighted by Gasteiger charge is 2.19. The first-order valence-corrected chi connectivity index (χ1v) is 10.1. The van der Waals surface area contributed by atoms with Crippen LogP contribution in [0.4, 0.5) is 0 Å². The number of carbonyl (C=O) groups excluding carboxylic acids is 1. The quantitative estimate of drug-likeness (QED) is 0.339. The molecule has 0 atom stereocenters. The standard InChI is InChI=1S/C20H14BrNO4S/c21-17-13-11-15(12-14-17)19(26-20(23)16-7-3-1-4-8-16)22-27(24,25)18-9-5-2-6-10-18/h1-14H/b22-19+. The van der Waals surface area contributed by atoms with Crippen molar-refractivity contribution in [2.24, 2.45) is 4.40 Å². The smallest absolute Gasteiger partial charge is 0.344 e. The van der Waals surface area contributed by atoms with E-state index in [9.17, 15) is 13.2 Å². The molecule has 5 nitrogen and oxygen atoms in total. The topological polar surface area (TPSA) is 72.8 Å². The van der Waals surface area contributed by atoms with E-state index in [4.69, 9.17) is 4.74 Å². The summed E-state index contributed by atoms with van der Waals surface area (Å²) in [5.74, 6) is -0.985. The largest absolute Gasteiger partial charge is 0.402 e. The van der Waals surface area contributed by atoms with Crippen LogP contribution in [0.15, 0.2) is 98.7 Å². The maximum absolute atomic E-state index is 12.6. The Labute approximate surface area is 165 Å². The molecule has 136 valence electrons. The second kappa shape index (κ2) is 8.28. The average molecular weight is 444 g/mol. The van der Waals surface area contributed by atoms with Crippen LogP contribution in [-0.2, 0) is 14.8 Å². The molecule has 0 saturated heterocycles. The number of carbonyl (C=O) groups is 1. The summed E-state index contributed by atoms with van der Waals surface area (Å²) in [6, 6.07) is 22.7. The van der Waals surface area contributed by atoms with Gasteiger partial charge in [0.05, 0.1) is 10.5 Å². The van der Waals surface area contributed by atoms with E-state index in [1.54, 1.807) is 72.8 Å². The Morgan fingerprint density at radius 3 is 1.93 bits per heavy atom. The summed E-state index contributed by atoms with van der Waals surface area (Å²) >= 11 is 3.31. The van der Waals surface area contributed by atoms with Crippen molar-refractivity contribution >= 4 is 37.8 Å². The van der Waals surface area contributed by atoms with Crippen LogP contribution in [0.25, 0.3) is 0 Å². The number of halogens is 1. The average Bonchev–Trinajstić information content (AvgIpc) is 2.69. The van der Waals surface area contributed by atoms with Gasteiger partial charge in [0.15, 0.2) is 0 Å². The molecule has 0 radical (unpaired) electrons. The van der Waals surface area contributed by atoms with Crippen LogP contribution in [0.2, 0.25) is 0 Å². The molecule has 3 aromatic carbocycles. The predicted molar refractivity (Wildman–Crippen MR) is 106 cm³/mol. The molecule has 0 bridgehead atoms. The van der Waals surface area contributed by atoms with E-state index in [0.717, 1.165) is 4.47 Å². The number of rotatable bonds is 4. The maximum Gasteiger partial charge on any atom is 0.344 e. The first-order valence-electron chi connectivity index (χ1n) is 7.89. The van der Waals surface area contributed by atoms with Crippen LogP contribution in [0.5, 0.6) is 0 Å². The Morgan fingerprint density at radius 2 is 1.33 bits per heavy atom. The second-order valence-corrected chi connectivity index (χ2v) is 7.97. The summed E-state index contributed by atoms with van der Waals surface area (Å²) in [4.78, 5) is 12.4. The van der Waals surface area contributed by atoms with Crippen LogP contribution in [0, 0.1) is 0 Å². The molecule has 0 unspecified atom stereocenters. The van der Waals surface area contributed by atoms with Crippen molar-refractivity contribution < 1.29 is 17.9 Å². The zero-order valence-corrected chi connectivity index (χ0v) is 16.4. The number of benzene rings is 3. The van der Waals surface area contributed by atoms with Crippen LogP contribution < -0.4 is 0 Å². The van der Waals surface area contributed by atoms with Crippen molar-refractivity contribution in [3.05, 3.63) is 101 Å². The fourth-order valence-corrected chi connectivity index (χ4v) is 3.43. The highest BCUT2D eigenvalue weighted by molar-refractivity contribution is 9.10. The van der Waals surface area contributed by atoms with Crippen LogP contribution >= 0.6 is 15.9 Å². The third kappa shape index (κ3) is 4.90. The van der Waals surface area contributed by atoms with E-state index in [-0.39, 0.29) is 10.8 Å². The lowest BCUT2D eigenvalue weighted by atomic mass is 10.2. The minimum atomic E-state index is -4.05. The molecule has 0 fully saturated rings. The lowest BCUT2D eigenvalue weighted by Crippen LogP contribution is -2.16. The van der Waals surface area contributed by atoms with Gasteiger partial charge < -0.3 is 4.74 Å². The molecule has 3 rings (SSSR count). The van der Waals surface area contributed by atoms with Crippen molar-refractivity contribution in [2.75, 3.05) is 0 Å². The molecule has 27 heavy (non-hydrogen) atoms. The predicted octanol–water partition coefficient (Wildman–Crippen LogP) is 4.44. The number of hydrogen-bond donors (Lipinski definition) is 0. The van der Waals surface area contributed by atoms with E-state index < -0.39 is 16.0 Å². The van der Waals surface area contributed by atoms with Crippen molar-refractivity contribution in [2.45, 2.75) is 4.90 Å². The van der Waals surface area contributed by atoms with Crippen molar-refractivity contribution in [3.63, 3.8) is 0 Å². The number of nitrogens with zero attached hydrogens (tertiary/aromatic N) is 1. The Kier molecular flexibility index (Phi) is 5.83. The molecular weight excluding hydrogens is 430 g/mol. The molecule has 0 aliphatic heterocycles. The molecule has 0 aliphatic carbocycles. The normalized spacial score (nSPS) is 11.8. The molecule has 7 heteroatoms. The van der Waals surface area contributed by atoms with E-state index in [1.807, 2.05) is 0 Å². The van der Waals surface area contributed by atoms with Gasteiger partial charge in [0.1, 0.15) is 0 Å². The van der Waals surface area contributed by atoms with Gasteiger partial charge in [-0.05, 0) is 48.5 Å². The third-order valence-corrected chi connectivity index (χ3v) is 5.34. The number of hydrogen-bond acceptors (Lipinski definition) is 4. The highest BCUT2D eigenvalue weighted by atomic mass is 79.9. The Balaban J connectivity index is 2.02. The molecular formula is C20H14BrNO4S. The lowest BCUT2D eigenvalue weighted by molar-refractivity contribution is 0.0718. The van der Waals surface area contributed by atoms with E-state index in [1.165, 1.54) is 12.1 Å². The number of ether oxygens (including phenoxy) is 1. The van der Waals surface area contributed by atoms with Crippen molar-refractivity contribution in [1.82, 2.24) is 0 Å². The van der Waals surface area contributed by atoms with Gasteiger partial charge in [0, 0.05) is 10.0 Å². The highest BCUT2D eigenvalue weighted by Crippen LogP contribution is 2.17. The van der Waals surface area contributed by atoms with Crippen LogP contribution in [-0.4, -0.2) is 20.3 Å². The van der Waals surface area contributed by atoms with Gasteiger partial charge in [0.2, 0.25) is 5.90 Å². The summed E-state index contributed by atoms with van der Waals surface area (Å²) < 4.78 is 35.1. The minimum Gasteiger partial charge on any atom is -0.402 e.